The van der Waals surface area contributed by atoms with Gasteiger partial charge in [0.05, 0.1) is 12.0 Å². The third-order valence-corrected chi connectivity index (χ3v) is 4.90. The van der Waals surface area contributed by atoms with Gasteiger partial charge in [0.15, 0.2) is 4.32 Å². The molecule has 2 aliphatic rings. The minimum Gasteiger partial charge on any atom is -0.497 e. The summed E-state index contributed by atoms with van der Waals surface area (Å²) >= 11 is 6.27. The number of hydrazine groups is 1. The Hall–Kier alpha value is -2.19. The molecule has 6 nitrogen and oxygen atoms in total. The average Bonchev–Trinajstić information content (AvgIpc) is 2.82. The van der Waals surface area contributed by atoms with Crippen LogP contribution in [0.15, 0.2) is 29.2 Å². The number of carbonyl (C=O) groups excluding carboxylic acids is 3. The molecule has 0 spiro atoms. The summed E-state index contributed by atoms with van der Waals surface area (Å²) in [5.74, 6) is -0.590. The number of ether oxygens (including phenoxy) is 1. The Morgan fingerprint density at radius 3 is 2.54 bits per heavy atom. The number of hydrogen-bond donors (Lipinski definition) is 0. The maximum Gasteiger partial charge on any atom is 0.285 e. The molecule has 0 radical (unpaired) electrons. The number of rotatable bonds is 3. The Morgan fingerprint density at radius 1 is 1.17 bits per heavy atom. The minimum absolute atomic E-state index is 0.178. The lowest BCUT2D eigenvalue weighted by Crippen LogP contribution is -2.53. The first-order valence-electron chi connectivity index (χ1n) is 7.29. The van der Waals surface area contributed by atoms with Gasteiger partial charge < -0.3 is 4.74 Å². The number of benzene rings is 1. The zero-order valence-corrected chi connectivity index (χ0v) is 14.5. The summed E-state index contributed by atoms with van der Waals surface area (Å²) in [7, 11) is 1.56. The van der Waals surface area contributed by atoms with Crippen LogP contribution in [0.5, 0.6) is 5.75 Å². The predicted octanol–water partition coefficient (Wildman–Crippen LogP) is 2.35. The molecule has 2 aliphatic heterocycles. The first-order valence-corrected chi connectivity index (χ1v) is 8.51. The number of piperidine rings is 1. The Morgan fingerprint density at radius 2 is 1.88 bits per heavy atom. The minimum atomic E-state index is -0.462. The number of hydrogen-bond acceptors (Lipinski definition) is 6. The maximum absolute atomic E-state index is 12.6. The summed E-state index contributed by atoms with van der Waals surface area (Å²) in [6.45, 7) is 0. The van der Waals surface area contributed by atoms with Crippen molar-refractivity contribution in [3.05, 3.63) is 34.7 Å². The van der Waals surface area contributed by atoms with Crippen LogP contribution in [0.4, 0.5) is 0 Å². The molecule has 3 amide bonds. The summed E-state index contributed by atoms with van der Waals surface area (Å²) < 4.78 is 5.34. The van der Waals surface area contributed by atoms with E-state index in [9.17, 15) is 14.4 Å². The van der Waals surface area contributed by atoms with E-state index in [1.807, 2.05) is 12.1 Å². The van der Waals surface area contributed by atoms with Crippen LogP contribution in [0.25, 0.3) is 6.08 Å². The van der Waals surface area contributed by atoms with E-state index in [2.05, 4.69) is 0 Å². The van der Waals surface area contributed by atoms with Gasteiger partial charge in [-0.15, -0.1) is 0 Å². The largest absolute Gasteiger partial charge is 0.497 e. The van der Waals surface area contributed by atoms with Crippen molar-refractivity contribution < 1.29 is 19.1 Å². The first kappa shape index (κ1) is 16.7. The molecule has 1 aromatic rings. The average molecular weight is 362 g/mol. The Balaban J connectivity index is 1.89. The van der Waals surface area contributed by atoms with Crippen molar-refractivity contribution in [2.75, 3.05) is 7.11 Å². The molecule has 2 saturated heterocycles. The lowest BCUT2D eigenvalue weighted by Gasteiger charge is -2.31. The smallest absolute Gasteiger partial charge is 0.285 e. The van der Waals surface area contributed by atoms with E-state index in [4.69, 9.17) is 17.0 Å². The third kappa shape index (κ3) is 3.07. The highest BCUT2D eigenvalue weighted by molar-refractivity contribution is 8.26. The van der Waals surface area contributed by atoms with E-state index < -0.39 is 17.7 Å². The first-order chi connectivity index (χ1) is 11.5. The molecule has 0 saturated carbocycles. The number of amides is 3. The number of nitrogens with zero attached hydrogens (tertiary/aromatic N) is 2. The molecule has 24 heavy (non-hydrogen) atoms. The number of imide groups is 1. The Bertz CT molecular complexity index is 759. The summed E-state index contributed by atoms with van der Waals surface area (Å²) in [6, 6.07) is 7.22. The highest BCUT2D eigenvalue weighted by atomic mass is 32.2. The lowest BCUT2D eigenvalue weighted by atomic mass is 10.1. The molecule has 0 N–H and O–H groups in total. The van der Waals surface area contributed by atoms with Gasteiger partial charge in [-0.3, -0.25) is 14.4 Å². The normalized spacial score (nSPS) is 20.3. The van der Waals surface area contributed by atoms with Crippen LogP contribution in [0.2, 0.25) is 0 Å². The van der Waals surface area contributed by atoms with E-state index in [0.717, 1.165) is 27.3 Å². The van der Waals surface area contributed by atoms with Crippen molar-refractivity contribution in [3.63, 3.8) is 0 Å². The van der Waals surface area contributed by atoms with Gasteiger partial charge in [0.1, 0.15) is 5.75 Å². The van der Waals surface area contributed by atoms with Crippen molar-refractivity contribution in [3.8, 4) is 5.75 Å². The zero-order valence-electron chi connectivity index (χ0n) is 12.9. The number of methoxy groups -OCH3 is 1. The van der Waals surface area contributed by atoms with Gasteiger partial charge in [-0.2, -0.15) is 10.0 Å². The number of thioether (sulfide) groups is 1. The van der Waals surface area contributed by atoms with Crippen LogP contribution < -0.4 is 4.74 Å². The van der Waals surface area contributed by atoms with Crippen LogP contribution in [0.1, 0.15) is 24.8 Å². The second kappa shape index (κ2) is 6.74. The van der Waals surface area contributed by atoms with Crippen LogP contribution >= 0.6 is 24.0 Å². The molecule has 8 heteroatoms. The predicted molar refractivity (Wildman–Crippen MR) is 93.7 cm³/mol. The molecule has 2 heterocycles. The van der Waals surface area contributed by atoms with E-state index in [1.165, 1.54) is 0 Å². The van der Waals surface area contributed by atoms with Gasteiger partial charge in [0, 0.05) is 12.8 Å². The molecule has 0 aliphatic carbocycles. The van der Waals surface area contributed by atoms with Crippen LogP contribution in [-0.2, 0) is 14.4 Å². The van der Waals surface area contributed by atoms with Gasteiger partial charge in [-0.25, -0.2) is 0 Å². The fraction of sp³-hybridized carbons (Fsp3) is 0.250. The van der Waals surface area contributed by atoms with E-state index in [1.54, 1.807) is 25.3 Å². The molecule has 2 fully saturated rings. The monoisotopic (exact) mass is 362 g/mol. The summed E-state index contributed by atoms with van der Waals surface area (Å²) in [5, 5.41) is 1.89. The summed E-state index contributed by atoms with van der Waals surface area (Å²) in [4.78, 5) is 37.1. The summed E-state index contributed by atoms with van der Waals surface area (Å²) in [6.07, 6.45) is 2.64. The van der Waals surface area contributed by atoms with E-state index in [-0.39, 0.29) is 17.2 Å². The van der Waals surface area contributed by atoms with Crippen LogP contribution in [0.3, 0.4) is 0 Å². The number of carbonyl (C=O) groups is 3. The van der Waals surface area contributed by atoms with Crippen molar-refractivity contribution in [2.45, 2.75) is 19.3 Å². The van der Waals surface area contributed by atoms with Crippen LogP contribution in [0, 0.1) is 0 Å². The molecule has 3 rings (SSSR count). The van der Waals surface area contributed by atoms with E-state index >= 15 is 0 Å². The second-order valence-electron chi connectivity index (χ2n) is 5.22. The number of thiocarbonyl (C=S) groups is 1. The van der Waals surface area contributed by atoms with Crippen molar-refractivity contribution in [1.82, 2.24) is 10.0 Å². The molecular formula is C16H14N2O4S2. The quantitative estimate of drug-likeness (QED) is 0.467. The van der Waals surface area contributed by atoms with E-state index in [0.29, 0.717) is 17.1 Å². The third-order valence-electron chi connectivity index (χ3n) is 3.62. The molecule has 0 aromatic heterocycles. The van der Waals surface area contributed by atoms with Crippen molar-refractivity contribution in [2.24, 2.45) is 0 Å². The highest BCUT2D eigenvalue weighted by Gasteiger charge is 2.42. The topological polar surface area (TPSA) is 66.9 Å². The van der Waals surface area contributed by atoms with Crippen LogP contribution in [-0.4, -0.2) is 39.2 Å². The zero-order chi connectivity index (χ0) is 17.3. The fourth-order valence-electron chi connectivity index (χ4n) is 2.48. The Kier molecular flexibility index (Phi) is 4.68. The Labute approximate surface area is 148 Å². The molecular weight excluding hydrogens is 348 g/mol. The fourth-order valence-corrected chi connectivity index (χ4v) is 3.72. The van der Waals surface area contributed by atoms with Gasteiger partial charge >= 0.3 is 0 Å². The van der Waals surface area contributed by atoms with Gasteiger partial charge in [0.25, 0.3) is 5.91 Å². The second-order valence-corrected chi connectivity index (χ2v) is 6.90. The standard InChI is InChI=1S/C16H14N2O4S2/c1-22-11-5-2-4-10(8-11)9-12-15(21)18(16(23)24-12)17-13(19)6-3-7-14(17)20/h2,4-5,8-9H,3,6-7H2,1H3. The van der Waals surface area contributed by atoms with Gasteiger partial charge in [-0.1, -0.05) is 23.9 Å². The lowest BCUT2D eigenvalue weighted by molar-refractivity contribution is -0.166. The molecule has 0 atom stereocenters. The molecule has 1 aromatic carbocycles. The molecule has 0 unspecified atom stereocenters. The van der Waals surface area contributed by atoms with Crippen molar-refractivity contribution in [1.29, 1.82) is 0 Å². The maximum atomic E-state index is 12.6. The summed E-state index contributed by atoms with van der Waals surface area (Å²) in [5.41, 5.74) is 0.770. The van der Waals surface area contributed by atoms with Gasteiger partial charge in [-0.05, 0) is 42.4 Å². The van der Waals surface area contributed by atoms with Gasteiger partial charge in [0.2, 0.25) is 11.8 Å². The molecule has 124 valence electrons. The highest BCUT2D eigenvalue weighted by Crippen LogP contribution is 2.35. The van der Waals surface area contributed by atoms with Crippen molar-refractivity contribution >= 4 is 52.1 Å². The SMILES string of the molecule is COc1cccc(C=C2SC(=S)N(N3C(=O)CCCC3=O)C2=O)c1. The molecule has 0 bridgehead atoms.